The summed E-state index contributed by atoms with van der Waals surface area (Å²) in [5.41, 5.74) is 1.61. The van der Waals surface area contributed by atoms with Crippen LogP contribution in [0.25, 0.3) is 0 Å². The molecule has 0 fully saturated rings. The van der Waals surface area contributed by atoms with Crippen LogP contribution in [0.1, 0.15) is 15.9 Å². The first-order chi connectivity index (χ1) is 9.06. The van der Waals surface area contributed by atoms with Crippen LogP contribution in [-0.4, -0.2) is 21.3 Å². The minimum Gasteiger partial charge on any atom is -0.508 e. The minimum atomic E-state index is -0.970. The molecule has 0 heterocycles. The lowest BCUT2D eigenvalue weighted by Crippen LogP contribution is -2.01. The number of hydrogen-bond acceptors (Lipinski definition) is 4. The first-order valence-corrected chi connectivity index (χ1v) is 5.64. The highest BCUT2D eigenvalue weighted by Crippen LogP contribution is 2.23. The molecule has 0 atom stereocenters. The van der Waals surface area contributed by atoms with Crippen LogP contribution in [0.15, 0.2) is 42.5 Å². The molecule has 98 valence electrons. The fourth-order valence-electron chi connectivity index (χ4n) is 1.63. The molecule has 0 amide bonds. The second-order valence-corrected chi connectivity index (χ2v) is 4.05. The van der Waals surface area contributed by atoms with Crippen LogP contribution >= 0.6 is 0 Å². The monoisotopic (exact) mass is 259 g/mol. The zero-order valence-corrected chi connectivity index (χ0v) is 10.00. The second kappa shape index (κ2) is 5.30. The SMILES string of the molecule is O=C(O)c1ccc(NCc2ccc(O)cc2O)cc1. The summed E-state index contributed by atoms with van der Waals surface area (Å²) in [4.78, 5) is 10.7. The molecule has 0 aliphatic carbocycles. The molecule has 0 unspecified atom stereocenters. The molecule has 5 nitrogen and oxygen atoms in total. The van der Waals surface area contributed by atoms with Crippen LogP contribution in [0.2, 0.25) is 0 Å². The Balaban J connectivity index is 2.04. The number of phenolic OH excluding ortho intramolecular Hbond substituents is 2. The van der Waals surface area contributed by atoms with Gasteiger partial charge >= 0.3 is 5.97 Å². The van der Waals surface area contributed by atoms with Crippen molar-refractivity contribution in [3.8, 4) is 11.5 Å². The maximum absolute atomic E-state index is 10.7. The zero-order chi connectivity index (χ0) is 13.8. The van der Waals surface area contributed by atoms with Crippen LogP contribution in [0.3, 0.4) is 0 Å². The Bertz CT molecular complexity index is 593. The summed E-state index contributed by atoms with van der Waals surface area (Å²) in [6, 6.07) is 10.7. The van der Waals surface area contributed by atoms with Gasteiger partial charge in [-0.15, -0.1) is 0 Å². The van der Waals surface area contributed by atoms with Gasteiger partial charge < -0.3 is 20.6 Å². The molecule has 2 aromatic carbocycles. The first kappa shape index (κ1) is 12.8. The quantitative estimate of drug-likeness (QED) is 0.677. The zero-order valence-electron chi connectivity index (χ0n) is 10.00. The molecule has 2 aromatic rings. The van der Waals surface area contributed by atoms with Gasteiger partial charge in [0.2, 0.25) is 0 Å². The van der Waals surface area contributed by atoms with Crippen molar-refractivity contribution in [3.63, 3.8) is 0 Å². The number of benzene rings is 2. The van der Waals surface area contributed by atoms with E-state index < -0.39 is 5.97 Å². The van der Waals surface area contributed by atoms with E-state index in [-0.39, 0.29) is 17.1 Å². The van der Waals surface area contributed by atoms with E-state index in [1.165, 1.54) is 24.3 Å². The highest BCUT2D eigenvalue weighted by molar-refractivity contribution is 5.87. The Hall–Kier alpha value is -2.69. The van der Waals surface area contributed by atoms with Crippen LogP contribution in [-0.2, 0) is 6.54 Å². The lowest BCUT2D eigenvalue weighted by Gasteiger charge is -2.08. The van der Waals surface area contributed by atoms with Crippen molar-refractivity contribution in [2.75, 3.05) is 5.32 Å². The van der Waals surface area contributed by atoms with Crippen molar-refractivity contribution >= 4 is 11.7 Å². The number of anilines is 1. The van der Waals surface area contributed by atoms with E-state index in [2.05, 4.69) is 5.32 Å². The molecule has 0 spiro atoms. The maximum Gasteiger partial charge on any atom is 0.335 e. The van der Waals surface area contributed by atoms with E-state index in [1.807, 2.05) is 0 Å². The Kier molecular flexibility index (Phi) is 3.56. The lowest BCUT2D eigenvalue weighted by molar-refractivity contribution is 0.0697. The molecule has 0 aromatic heterocycles. The van der Waals surface area contributed by atoms with Crippen LogP contribution in [0, 0.1) is 0 Å². The molecule has 0 bridgehead atoms. The number of rotatable bonds is 4. The smallest absolute Gasteiger partial charge is 0.335 e. The molecule has 0 saturated heterocycles. The van der Waals surface area contributed by atoms with E-state index in [4.69, 9.17) is 10.2 Å². The number of carboxylic acids is 1. The normalized spacial score (nSPS) is 10.1. The molecule has 0 aliphatic rings. The van der Waals surface area contributed by atoms with Gasteiger partial charge in [-0.2, -0.15) is 0 Å². The molecule has 5 heteroatoms. The van der Waals surface area contributed by atoms with Crippen LogP contribution in [0.5, 0.6) is 11.5 Å². The van der Waals surface area contributed by atoms with E-state index in [0.29, 0.717) is 12.1 Å². The van der Waals surface area contributed by atoms with Crippen molar-refractivity contribution in [1.82, 2.24) is 0 Å². The fourth-order valence-corrected chi connectivity index (χ4v) is 1.63. The van der Waals surface area contributed by atoms with Gasteiger partial charge in [0, 0.05) is 23.9 Å². The van der Waals surface area contributed by atoms with E-state index in [9.17, 15) is 9.90 Å². The Morgan fingerprint density at radius 3 is 2.32 bits per heavy atom. The van der Waals surface area contributed by atoms with E-state index >= 15 is 0 Å². The number of nitrogens with one attached hydrogen (secondary N) is 1. The van der Waals surface area contributed by atoms with Crippen molar-refractivity contribution in [1.29, 1.82) is 0 Å². The van der Waals surface area contributed by atoms with Crippen molar-refractivity contribution < 1.29 is 20.1 Å². The van der Waals surface area contributed by atoms with Crippen LogP contribution in [0.4, 0.5) is 5.69 Å². The molecule has 19 heavy (non-hydrogen) atoms. The Labute approximate surface area is 109 Å². The molecule has 0 saturated carbocycles. The van der Waals surface area contributed by atoms with Gasteiger partial charge in [-0.25, -0.2) is 4.79 Å². The largest absolute Gasteiger partial charge is 0.508 e. The standard InChI is InChI=1S/C14H13NO4/c16-12-6-3-10(13(17)7-12)8-15-11-4-1-9(2-5-11)14(18)19/h1-7,15-17H,8H2,(H,18,19). The molecule has 4 N–H and O–H groups in total. The second-order valence-electron chi connectivity index (χ2n) is 4.05. The predicted molar refractivity (Wildman–Crippen MR) is 70.5 cm³/mol. The van der Waals surface area contributed by atoms with E-state index in [0.717, 1.165) is 5.69 Å². The van der Waals surface area contributed by atoms with Crippen molar-refractivity contribution in [2.45, 2.75) is 6.54 Å². The first-order valence-electron chi connectivity index (χ1n) is 5.64. The van der Waals surface area contributed by atoms with Gasteiger partial charge in [0.15, 0.2) is 0 Å². The third-order valence-corrected chi connectivity index (χ3v) is 2.68. The van der Waals surface area contributed by atoms with Gasteiger partial charge in [-0.1, -0.05) is 0 Å². The third kappa shape index (κ3) is 3.16. The lowest BCUT2D eigenvalue weighted by atomic mass is 10.1. The number of aromatic carboxylic acids is 1. The molecular formula is C14H13NO4. The summed E-state index contributed by atoms with van der Waals surface area (Å²) in [5.74, 6) is -0.954. The highest BCUT2D eigenvalue weighted by Gasteiger charge is 2.04. The van der Waals surface area contributed by atoms with Gasteiger partial charge in [0.25, 0.3) is 0 Å². The summed E-state index contributed by atoms with van der Waals surface area (Å²) in [5, 5.41) is 30.6. The number of carbonyl (C=O) groups is 1. The number of carboxylic acid groups (broad SMARTS) is 1. The minimum absolute atomic E-state index is 0.00654. The van der Waals surface area contributed by atoms with Gasteiger partial charge in [0.1, 0.15) is 11.5 Å². The summed E-state index contributed by atoms with van der Waals surface area (Å²) in [6.07, 6.45) is 0. The summed E-state index contributed by atoms with van der Waals surface area (Å²) in [6.45, 7) is 0.374. The Morgan fingerprint density at radius 1 is 1.05 bits per heavy atom. The highest BCUT2D eigenvalue weighted by atomic mass is 16.4. The topological polar surface area (TPSA) is 89.8 Å². The van der Waals surface area contributed by atoms with Gasteiger partial charge in [0.05, 0.1) is 5.56 Å². The molecule has 2 rings (SSSR count). The summed E-state index contributed by atoms with van der Waals surface area (Å²) in [7, 11) is 0. The van der Waals surface area contributed by atoms with Gasteiger partial charge in [-0.05, 0) is 36.4 Å². The van der Waals surface area contributed by atoms with E-state index in [1.54, 1.807) is 18.2 Å². The third-order valence-electron chi connectivity index (χ3n) is 2.68. The number of aromatic hydroxyl groups is 2. The summed E-state index contributed by atoms with van der Waals surface area (Å²) < 4.78 is 0. The molecule has 0 radical (unpaired) electrons. The average molecular weight is 259 g/mol. The number of hydrogen-bond donors (Lipinski definition) is 4. The predicted octanol–water partition coefficient (Wildman–Crippen LogP) is 2.41. The van der Waals surface area contributed by atoms with Crippen molar-refractivity contribution in [3.05, 3.63) is 53.6 Å². The molecular weight excluding hydrogens is 246 g/mol. The fraction of sp³-hybridized carbons (Fsp3) is 0.0714. The van der Waals surface area contributed by atoms with Gasteiger partial charge in [-0.3, -0.25) is 0 Å². The van der Waals surface area contributed by atoms with Crippen LogP contribution < -0.4 is 5.32 Å². The average Bonchev–Trinajstić information content (AvgIpc) is 2.38. The Morgan fingerprint density at radius 2 is 1.74 bits per heavy atom. The maximum atomic E-state index is 10.7. The number of phenols is 2. The van der Waals surface area contributed by atoms with Crippen molar-refractivity contribution in [2.24, 2.45) is 0 Å². The molecule has 0 aliphatic heterocycles. The summed E-state index contributed by atoms with van der Waals surface area (Å²) >= 11 is 0.